The molecule has 0 spiro atoms. The monoisotopic (exact) mass is 418 g/mol. The first-order valence-corrected chi connectivity index (χ1v) is 10.8. The molecule has 4 rings (SSSR count). The Morgan fingerprint density at radius 2 is 2.11 bits per heavy atom. The number of benzene rings is 1. The maximum absolute atomic E-state index is 11.3. The lowest BCUT2D eigenvalue weighted by Crippen LogP contribution is -2.39. The van der Waals surface area contributed by atoms with Crippen LogP contribution < -0.4 is 10.2 Å². The molecule has 1 saturated heterocycles. The van der Waals surface area contributed by atoms with Crippen LogP contribution >= 0.6 is 23.4 Å². The van der Waals surface area contributed by atoms with Crippen molar-refractivity contribution in [2.45, 2.75) is 42.4 Å². The van der Waals surface area contributed by atoms with Crippen molar-refractivity contribution in [2.75, 3.05) is 23.3 Å². The number of carbonyl (C=O) groups is 1. The number of hydrogen-bond acceptors (Lipinski definition) is 6. The Bertz CT molecular complexity index is 871. The second-order valence-electron chi connectivity index (χ2n) is 7.44. The minimum absolute atomic E-state index is 0.0631. The van der Waals surface area contributed by atoms with E-state index >= 15 is 0 Å². The Balaban J connectivity index is 1.40. The van der Waals surface area contributed by atoms with Gasteiger partial charge in [0.05, 0.1) is 10.4 Å². The van der Waals surface area contributed by atoms with E-state index < -0.39 is 5.97 Å². The molecule has 1 atom stereocenters. The molecule has 2 aliphatic heterocycles. The number of nitrogens with one attached hydrogen (secondary N) is 1. The van der Waals surface area contributed by atoms with Gasteiger partial charge in [-0.25, -0.2) is 4.79 Å². The van der Waals surface area contributed by atoms with Crippen LogP contribution in [0.5, 0.6) is 0 Å². The third kappa shape index (κ3) is 3.91. The average Bonchev–Trinajstić information content (AvgIpc) is 3.07. The van der Waals surface area contributed by atoms with Crippen molar-refractivity contribution in [3.63, 3.8) is 0 Å². The molecule has 6 nitrogen and oxygen atoms in total. The van der Waals surface area contributed by atoms with Crippen LogP contribution in [-0.2, 0) is 0 Å². The summed E-state index contributed by atoms with van der Waals surface area (Å²) in [6, 6.07) is 9.06. The summed E-state index contributed by atoms with van der Waals surface area (Å²) in [5.74, 6) is 0.620. The number of fused-ring (bicyclic) bond motifs is 1. The lowest BCUT2D eigenvalue weighted by molar-refractivity contribution is 0.0696. The number of nitrogens with zero attached hydrogens (tertiary/aromatic N) is 3. The molecule has 3 heterocycles. The maximum Gasteiger partial charge on any atom is 0.335 e. The Kier molecular flexibility index (Phi) is 5.38. The smallest absolute Gasteiger partial charge is 0.335 e. The minimum atomic E-state index is -0.880. The Labute approximate surface area is 173 Å². The predicted octanol–water partition coefficient (Wildman–Crippen LogP) is 4.76. The van der Waals surface area contributed by atoms with Crippen molar-refractivity contribution in [3.05, 3.63) is 41.0 Å². The molecule has 148 valence electrons. The molecule has 0 bridgehead atoms. The highest BCUT2D eigenvalue weighted by molar-refractivity contribution is 8.01. The zero-order chi connectivity index (χ0) is 19.7. The first kappa shape index (κ1) is 19.3. The number of carboxylic acids is 1. The van der Waals surface area contributed by atoms with Crippen molar-refractivity contribution in [2.24, 2.45) is 5.92 Å². The summed E-state index contributed by atoms with van der Waals surface area (Å²) < 4.78 is 0. The quantitative estimate of drug-likeness (QED) is 0.724. The second kappa shape index (κ2) is 7.79. The van der Waals surface area contributed by atoms with Crippen LogP contribution in [0, 0.1) is 5.92 Å². The van der Waals surface area contributed by atoms with Gasteiger partial charge in [-0.2, -0.15) is 0 Å². The number of aromatic carboxylic acids is 1. The van der Waals surface area contributed by atoms with Gasteiger partial charge in [-0.3, -0.25) is 0 Å². The van der Waals surface area contributed by atoms with Crippen LogP contribution in [0.1, 0.15) is 43.0 Å². The van der Waals surface area contributed by atoms with Crippen molar-refractivity contribution in [1.82, 2.24) is 10.2 Å². The van der Waals surface area contributed by atoms with Crippen molar-refractivity contribution < 1.29 is 9.90 Å². The molecule has 1 fully saturated rings. The molecule has 28 heavy (non-hydrogen) atoms. The highest BCUT2D eigenvalue weighted by Gasteiger charge is 2.39. The predicted molar refractivity (Wildman–Crippen MR) is 112 cm³/mol. The maximum atomic E-state index is 11.3. The lowest BCUT2D eigenvalue weighted by atomic mass is 9.89. The van der Waals surface area contributed by atoms with Gasteiger partial charge >= 0.3 is 5.97 Å². The number of rotatable bonds is 5. The summed E-state index contributed by atoms with van der Waals surface area (Å²) in [4.78, 5) is 14.5. The van der Waals surface area contributed by atoms with Gasteiger partial charge in [0.15, 0.2) is 11.0 Å². The van der Waals surface area contributed by atoms with Crippen LogP contribution in [0.3, 0.4) is 0 Å². The van der Waals surface area contributed by atoms with Gasteiger partial charge in [0.25, 0.3) is 0 Å². The van der Waals surface area contributed by atoms with E-state index in [2.05, 4.69) is 27.3 Å². The van der Waals surface area contributed by atoms with E-state index in [0.29, 0.717) is 16.6 Å². The highest BCUT2D eigenvalue weighted by Crippen LogP contribution is 2.51. The van der Waals surface area contributed by atoms with E-state index in [9.17, 15) is 9.90 Å². The van der Waals surface area contributed by atoms with Crippen LogP contribution in [0.4, 0.5) is 11.5 Å². The molecule has 1 unspecified atom stereocenters. The van der Waals surface area contributed by atoms with E-state index in [0.717, 1.165) is 55.2 Å². The number of thioether (sulfide) groups is 1. The topological polar surface area (TPSA) is 78.4 Å². The number of anilines is 2. The third-order valence-corrected chi connectivity index (χ3v) is 7.35. The molecule has 0 aliphatic carbocycles. The first-order valence-electron chi connectivity index (χ1n) is 9.57. The molecule has 0 amide bonds. The van der Waals surface area contributed by atoms with Crippen molar-refractivity contribution in [3.8, 4) is 0 Å². The van der Waals surface area contributed by atoms with Gasteiger partial charge in [0.1, 0.15) is 0 Å². The number of hydrogen-bond donors (Lipinski definition) is 2. The SMILES string of the molecule is CCC1(CC2CCN(c3ccc(Cl)nn3)CC2)Nc2ccc(C(=O)O)cc2S1. The molecule has 2 aliphatic rings. The van der Waals surface area contributed by atoms with Crippen LogP contribution in [-0.4, -0.2) is 39.2 Å². The fourth-order valence-corrected chi connectivity index (χ4v) is 5.59. The highest BCUT2D eigenvalue weighted by atomic mass is 35.5. The van der Waals surface area contributed by atoms with Crippen LogP contribution in [0.25, 0.3) is 0 Å². The van der Waals surface area contributed by atoms with E-state index in [1.807, 2.05) is 12.1 Å². The van der Waals surface area contributed by atoms with Gasteiger partial charge in [0.2, 0.25) is 0 Å². The molecule has 0 radical (unpaired) electrons. The summed E-state index contributed by atoms with van der Waals surface area (Å²) in [6.45, 7) is 4.12. The lowest BCUT2D eigenvalue weighted by Gasteiger charge is -2.37. The zero-order valence-corrected chi connectivity index (χ0v) is 17.3. The average molecular weight is 419 g/mol. The second-order valence-corrected chi connectivity index (χ2v) is 9.25. The zero-order valence-electron chi connectivity index (χ0n) is 15.7. The molecule has 8 heteroatoms. The molecular weight excluding hydrogens is 396 g/mol. The van der Waals surface area contributed by atoms with E-state index in [4.69, 9.17) is 11.6 Å². The van der Waals surface area contributed by atoms with Gasteiger partial charge in [-0.15, -0.1) is 10.2 Å². The summed E-state index contributed by atoms with van der Waals surface area (Å²) in [6.07, 6.45) is 4.25. The van der Waals surface area contributed by atoms with E-state index in [1.165, 1.54) is 0 Å². The minimum Gasteiger partial charge on any atom is -0.478 e. The van der Waals surface area contributed by atoms with E-state index in [-0.39, 0.29) is 4.87 Å². The number of piperidine rings is 1. The summed E-state index contributed by atoms with van der Waals surface area (Å²) in [5, 5.41) is 21.5. The standard InChI is InChI=1S/C20H23ClN4O2S/c1-2-20(22-15-4-3-14(19(26)27)11-16(15)28-20)12-13-7-9-25(10-8-13)18-6-5-17(21)23-24-18/h3-6,11,13,22H,2,7-10,12H2,1H3,(H,26,27). The van der Waals surface area contributed by atoms with Gasteiger partial charge in [-0.05, 0) is 61.9 Å². The first-order chi connectivity index (χ1) is 13.5. The summed E-state index contributed by atoms with van der Waals surface area (Å²) >= 11 is 7.61. The Hall–Kier alpha value is -1.99. The van der Waals surface area contributed by atoms with Gasteiger partial charge in [-0.1, -0.05) is 30.3 Å². The van der Waals surface area contributed by atoms with Crippen molar-refractivity contribution >= 4 is 40.8 Å². The number of carboxylic acid groups (broad SMARTS) is 1. The molecule has 1 aromatic heterocycles. The van der Waals surface area contributed by atoms with Gasteiger partial charge < -0.3 is 15.3 Å². The molecule has 1 aromatic carbocycles. The molecule has 0 saturated carbocycles. The largest absolute Gasteiger partial charge is 0.478 e. The molecule has 2 N–H and O–H groups in total. The normalized spacial score (nSPS) is 22.0. The van der Waals surface area contributed by atoms with Crippen LogP contribution in [0.2, 0.25) is 5.15 Å². The van der Waals surface area contributed by atoms with Crippen molar-refractivity contribution in [1.29, 1.82) is 0 Å². The third-order valence-electron chi connectivity index (χ3n) is 5.64. The Morgan fingerprint density at radius 3 is 2.75 bits per heavy atom. The van der Waals surface area contributed by atoms with E-state index in [1.54, 1.807) is 30.0 Å². The summed E-state index contributed by atoms with van der Waals surface area (Å²) in [5.41, 5.74) is 1.39. The number of halogens is 1. The Morgan fingerprint density at radius 1 is 1.32 bits per heavy atom. The molecule has 2 aromatic rings. The fourth-order valence-electron chi connectivity index (χ4n) is 4.03. The molecular formula is C20H23ClN4O2S. The van der Waals surface area contributed by atoms with Gasteiger partial charge in [0, 0.05) is 23.7 Å². The fraction of sp³-hybridized carbons (Fsp3) is 0.450. The van der Waals surface area contributed by atoms with Crippen LogP contribution in [0.15, 0.2) is 35.2 Å². The number of aromatic nitrogens is 2. The summed E-state index contributed by atoms with van der Waals surface area (Å²) in [7, 11) is 0.